The fraction of sp³-hybridized carbons (Fsp3) is 0.286. The number of nitrogens with zero attached hydrogens (tertiary/aromatic N) is 2. The summed E-state index contributed by atoms with van der Waals surface area (Å²) in [6.45, 7) is 6.93. The Morgan fingerprint density at radius 1 is 1.00 bits per heavy atom. The van der Waals surface area contributed by atoms with Gasteiger partial charge in [-0.25, -0.2) is 4.79 Å². The first kappa shape index (κ1) is 28.7. The van der Waals surface area contributed by atoms with Crippen LogP contribution < -0.4 is 0 Å². The van der Waals surface area contributed by atoms with Crippen LogP contribution in [-0.2, 0) is 24.0 Å². The predicted molar refractivity (Wildman–Crippen MR) is 122 cm³/mol. The maximum atomic E-state index is 11.1. The molecule has 0 saturated heterocycles. The van der Waals surface area contributed by atoms with E-state index in [-0.39, 0.29) is 6.51 Å². The van der Waals surface area contributed by atoms with Gasteiger partial charge < -0.3 is 9.94 Å². The monoisotopic (exact) mass is 441 g/mol. The zero-order chi connectivity index (χ0) is 24.1. The van der Waals surface area contributed by atoms with E-state index in [4.69, 9.17) is 9.94 Å². The minimum atomic E-state index is -0.806. The van der Waals surface area contributed by atoms with Gasteiger partial charge in [0.25, 0.3) is 0 Å². The summed E-state index contributed by atoms with van der Waals surface area (Å²) in [5.41, 5.74) is 1.19. The van der Waals surface area contributed by atoms with E-state index < -0.39 is 11.8 Å². The van der Waals surface area contributed by atoms with Crippen LogP contribution in [0.2, 0.25) is 6.82 Å². The van der Waals surface area contributed by atoms with Crippen LogP contribution in [0.4, 0.5) is 4.79 Å². The summed E-state index contributed by atoms with van der Waals surface area (Å²) in [5, 5.41) is 14.5. The molecule has 0 unspecified atom stereocenters. The average Bonchev–Trinajstić information content (AvgIpc) is 2.76. The summed E-state index contributed by atoms with van der Waals surface area (Å²) >= 11 is 0. The van der Waals surface area contributed by atoms with Crippen molar-refractivity contribution in [1.82, 2.24) is 0 Å². The summed E-state index contributed by atoms with van der Waals surface area (Å²) in [6, 6.07) is 18.7. The number of benzene rings is 2. The molecule has 0 heterocycles. The van der Waals surface area contributed by atoms with Gasteiger partial charge in [0.15, 0.2) is 0 Å². The van der Waals surface area contributed by atoms with Crippen molar-refractivity contribution in [3.05, 3.63) is 71.8 Å². The van der Waals surface area contributed by atoms with Crippen LogP contribution in [0.1, 0.15) is 31.9 Å². The molecule has 0 saturated carbocycles. The number of oxime groups is 2. The molecule has 0 aromatic heterocycles. The molecule has 0 aliphatic carbocycles. The molecule has 1 N–H and O–H groups in total. The Bertz CT molecular complexity index is 799. The largest absolute Gasteiger partial charge is 0.411 e. The van der Waals surface area contributed by atoms with Gasteiger partial charge in [0.1, 0.15) is 5.60 Å². The third-order valence-corrected chi connectivity index (χ3v) is 2.82. The maximum absolute atomic E-state index is 11.1. The molecule has 2 rings (SSSR count). The SMILES string of the molecule is CC(C)(C)OC(=O)O/N=C\c1ccccc1.C[B]OOCB=O.O/N=C\c1ccccc1. The molecule has 169 valence electrons. The summed E-state index contributed by atoms with van der Waals surface area (Å²) in [4.78, 5) is 24.0. The van der Waals surface area contributed by atoms with Gasteiger partial charge in [0.05, 0.1) is 12.4 Å². The van der Waals surface area contributed by atoms with Crippen LogP contribution in [0, 0.1) is 0 Å². The van der Waals surface area contributed by atoms with Crippen LogP contribution in [-0.4, -0.2) is 50.5 Å². The number of hydrogen-bond acceptors (Lipinski definition) is 9. The Balaban J connectivity index is 0.000000506. The number of carbonyl (C=O) groups excluding carboxylic acids is 1. The van der Waals surface area contributed by atoms with Crippen molar-refractivity contribution >= 4 is 33.2 Å². The van der Waals surface area contributed by atoms with Gasteiger partial charge in [0, 0.05) is 0 Å². The number of carbonyl (C=O) groups is 1. The minimum absolute atomic E-state index is 0.00958. The molecule has 0 amide bonds. The van der Waals surface area contributed by atoms with Crippen LogP contribution in [0.5, 0.6) is 0 Å². The fourth-order valence-electron chi connectivity index (χ4n) is 1.68. The van der Waals surface area contributed by atoms with Gasteiger partial charge in [-0.3, -0.25) is 4.84 Å². The Kier molecular flexibility index (Phi) is 16.6. The van der Waals surface area contributed by atoms with Crippen molar-refractivity contribution in [2.75, 3.05) is 6.51 Å². The van der Waals surface area contributed by atoms with Gasteiger partial charge in [0.2, 0.25) is 0 Å². The number of rotatable bonds is 7. The Labute approximate surface area is 189 Å². The van der Waals surface area contributed by atoms with Crippen LogP contribution in [0.15, 0.2) is 71.0 Å². The first-order chi connectivity index (χ1) is 15.3. The Morgan fingerprint density at radius 3 is 1.97 bits per heavy atom. The molecule has 2 aromatic rings. The second-order valence-electron chi connectivity index (χ2n) is 6.64. The van der Waals surface area contributed by atoms with E-state index in [0.29, 0.717) is 7.15 Å². The second-order valence-corrected chi connectivity index (χ2v) is 6.64. The van der Waals surface area contributed by atoms with E-state index in [9.17, 15) is 9.50 Å². The first-order valence-electron chi connectivity index (χ1n) is 9.53. The molecule has 11 heteroatoms. The van der Waals surface area contributed by atoms with E-state index >= 15 is 0 Å². The molecular weight excluding hydrogens is 414 g/mol. The molecule has 1 radical (unpaired) electrons. The standard InChI is InChI=1S/C12H15NO3.C7H7NO.C2H5B2O3/c1-12(2,3)15-11(14)16-13-9-10-7-5-4-6-8-10;9-8-6-7-4-2-1-3-5-7;1-3-7-6-2-4-5/h4-9H,1-3H3;1-6,9H;2H2,1H3/b13-9-;8-6-;. The van der Waals surface area contributed by atoms with E-state index in [1.165, 1.54) is 19.9 Å². The van der Waals surface area contributed by atoms with Gasteiger partial charge in [-0.2, -0.15) is 0 Å². The topological polar surface area (TPSA) is 116 Å². The number of ether oxygens (including phenoxy) is 1. The van der Waals surface area contributed by atoms with Crippen LogP contribution in [0.3, 0.4) is 0 Å². The Hall–Kier alpha value is -3.30. The molecule has 9 nitrogen and oxygen atoms in total. The van der Waals surface area contributed by atoms with Crippen LogP contribution in [0.25, 0.3) is 0 Å². The zero-order valence-electron chi connectivity index (χ0n) is 18.6. The van der Waals surface area contributed by atoms with Gasteiger partial charge in [-0.05, 0) is 31.9 Å². The van der Waals surface area contributed by atoms with E-state index in [1.807, 2.05) is 60.7 Å². The van der Waals surface area contributed by atoms with E-state index in [1.54, 1.807) is 27.6 Å². The van der Waals surface area contributed by atoms with E-state index in [2.05, 4.69) is 24.8 Å². The summed E-state index contributed by atoms with van der Waals surface area (Å²) in [7, 11) is 1.97. The predicted octanol–water partition coefficient (Wildman–Crippen LogP) is 4.08. The summed E-state index contributed by atoms with van der Waals surface area (Å²) < 4.78 is 14.4. The van der Waals surface area contributed by atoms with Crippen molar-refractivity contribution in [2.45, 2.75) is 33.2 Å². The van der Waals surface area contributed by atoms with Crippen molar-refractivity contribution in [1.29, 1.82) is 0 Å². The van der Waals surface area contributed by atoms with Crippen molar-refractivity contribution in [2.24, 2.45) is 10.3 Å². The van der Waals surface area contributed by atoms with Crippen molar-refractivity contribution < 1.29 is 34.0 Å². The van der Waals surface area contributed by atoms with E-state index in [0.717, 1.165) is 11.1 Å². The zero-order valence-corrected chi connectivity index (χ0v) is 18.6. The third kappa shape index (κ3) is 18.7. The molecule has 0 aliphatic heterocycles. The molecule has 2 aromatic carbocycles. The average molecular weight is 441 g/mol. The molecule has 0 spiro atoms. The summed E-state index contributed by atoms with van der Waals surface area (Å²) in [5.74, 6) is 0. The van der Waals surface area contributed by atoms with Gasteiger partial charge in [-0.15, -0.1) is 0 Å². The quantitative estimate of drug-likeness (QED) is 0.101. The Morgan fingerprint density at radius 2 is 1.53 bits per heavy atom. The third-order valence-electron chi connectivity index (χ3n) is 2.82. The molecule has 0 fully saturated rings. The van der Waals surface area contributed by atoms with Gasteiger partial charge in [-0.1, -0.05) is 71.0 Å². The maximum Gasteiger partial charge on any atom is 0.0733 e. The summed E-state index contributed by atoms with van der Waals surface area (Å²) in [6.07, 6.45) is 2.03. The second kappa shape index (κ2) is 18.5. The molecule has 0 bridgehead atoms. The molecule has 0 aliphatic rings. The number of hydrogen-bond donors (Lipinski definition) is 1. The normalized spacial score (nSPS) is 10.2. The van der Waals surface area contributed by atoms with Gasteiger partial charge >= 0.3 is 48.5 Å². The van der Waals surface area contributed by atoms with Crippen molar-refractivity contribution in [3.63, 3.8) is 0 Å². The minimum Gasteiger partial charge on any atom is -0.411 e. The fourth-order valence-corrected chi connectivity index (χ4v) is 1.68. The molecule has 0 atom stereocenters. The van der Waals surface area contributed by atoms with Crippen molar-refractivity contribution in [3.8, 4) is 0 Å². The van der Waals surface area contributed by atoms with Crippen LogP contribution >= 0.6 is 0 Å². The first-order valence-corrected chi connectivity index (χ1v) is 9.53. The smallest absolute Gasteiger partial charge is 0.0733 e. The molecular formula is C21H27B2N2O7. The molecule has 32 heavy (non-hydrogen) atoms.